The van der Waals surface area contributed by atoms with E-state index in [0.29, 0.717) is 18.1 Å². The first-order valence-corrected chi connectivity index (χ1v) is 5.51. The number of fused-ring (bicyclic) bond motifs is 1. The minimum Gasteiger partial charge on any atom is -0.493 e. The largest absolute Gasteiger partial charge is 0.493 e. The van der Waals surface area contributed by atoms with E-state index < -0.39 is 0 Å². The summed E-state index contributed by atoms with van der Waals surface area (Å²) in [6.07, 6.45) is 0. The summed E-state index contributed by atoms with van der Waals surface area (Å²) in [6.45, 7) is 2.51. The number of rotatable bonds is 6. The Balaban J connectivity index is 2.03. The second kappa shape index (κ2) is 5.75. The van der Waals surface area contributed by atoms with Crippen LogP contribution in [0.25, 0.3) is 0 Å². The fraction of sp³-hybridized carbons (Fsp3) is 0.500. The van der Waals surface area contributed by atoms with Crippen molar-refractivity contribution in [3.63, 3.8) is 0 Å². The van der Waals surface area contributed by atoms with Gasteiger partial charge in [0.2, 0.25) is 12.5 Å². The summed E-state index contributed by atoms with van der Waals surface area (Å²) in [5.74, 6) is 2.14. The Morgan fingerprint density at radius 3 is 2.94 bits per heavy atom. The minimum atomic E-state index is 0.256. The summed E-state index contributed by atoms with van der Waals surface area (Å²) in [6, 6.07) is 3.91. The normalized spacial score (nSPS) is 12.8. The lowest BCUT2D eigenvalue weighted by molar-refractivity contribution is 0.171. The van der Waals surface area contributed by atoms with Crippen molar-refractivity contribution in [3.8, 4) is 17.2 Å². The van der Waals surface area contributed by atoms with Crippen LogP contribution in [0, 0.1) is 0 Å². The second-order valence-electron chi connectivity index (χ2n) is 3.70. The topological polar surface area (TPSA) is 49.0 Å². The van der Waals surface area contributed by atoms with Gasteiger partial charge in [-0.2, -0.15) is 0 Å². The van der Waals surface area contributed by atoms with Gasteiger partial charge in [-0.3, -0.25) is 0 Å². The highest BCUT2D eigenvalue weighted by Gasteiger charge is 2.19. The molecule has 0 saturated heterocycles. The zero-order valence-corrected chi connectivity index (χ0v) is 10.1. The fourth-order valence-corrected chi connectivity index (χ4v) is 1.69. The van der Waals surface area contributed by atoms with Crippen LogP contribution in [0.3, 0.4) is 0 Å². The van der Waals surface area contributed by atoms with Gasteiger partial charge >= 0.3 is 0 Å². The molecule has 0 aromatic heterocycles. The molecule has 0 atom stereocenters. The molecule has 5 nitrogen and oxygen atoms in total. The number of hydrogen-bond donors (Lipinski definition) is 1. The van der Waals surface area contributed by atoms with Crippen molar-refractivity contribution in [2.45, 2.75) is 6.54 Å². The highest BCUT2D eigenvalue weighted by atomic mass is 16.7. The maximum absolute atomic E-state index is 5.35. The van der Waals surface area contributed by atoms with Gasteiger partial charge in [-0.15, -0.1) is 0 Å². The van der Waals surface area contributed by atoms with Gasteiger partial charge in [-0.1, -0.05) is 0 Å². The van der Waals surface area contributed by atoms with E-state index in [0.717, 1.165) is 24.4 Å². The van der Waals surface area contributed by atoms with Crippen molar-refractivity contribution in [2.75, 3.05) is 34.2 Å². The number of methoxy groups -OCH3 is 2. The summed E-state index contributed by atoms with van der Waals surface area (Å²) in [7, 11) is 3.31. The second-order valence-corrected chi connectivity index (χ2v) is 3.70. The number of hydrogen-bond acceptors (Lipinski definition) is 5. The van der Waals surface area contributed by atoms with Crippen molar-refractivity contribution in [3.05, 3.63) is 17.7 Å². The van der Waals surface area contributed by atoms with Crippen LogP contribution < -0.4 is 19.5 Å². The third-order valence-electron chi connectivity index (χ3n) is 2.53. The van der Waals surface area contributed by atoms with Crippen LogP contribution in [0.2, 0.25) is 0 Å². The SMILES string of the molecule is COCCNCc1cc(OC)c2c(c1)OCO2. The Morgan fingerprint density at radius 1 is 1.29 bits per heavy atom. The molecule has 5 heteroatoms. The van der Waals surface area contributed by atoms with E-state index in [2.05, 4.69) is 5.32 Å². The summed E-state index contributed by atoms with van der Waals surface area (Å²) in [4.78, 5) is 0. The molecule has 1 aromatic carbocycles. The van der Waals surface area contributed by atoms with Crippen molar-refractivity contribution in [1.29, 1.82) is 0 Å². The van der Waals surface area contributed by atoms with Gasteiger partial charge in [0.1, 0.15) is 0 Å². The van der Waals surface area contributed by atoms with Gasteiger partial charge in [0, 0.05) is 20.2 Å². The molecule has 17 heavy (non-hydrogen) atoms. The lowest BCUT2D eigenvalue weighted by atomic mass is 10.2. The lowest BCUT2D eigenvalue weighted by Gasteiger charge is -2.09. The molecule has 0 amide bonds. The van der Waals surface area contributed by atoms with Crippen molar-refractivity contribution >= 4 is 0 Å². The van der Waals surface area contributed by atoms with E-state index in [1.807, 2.05) is 12.1 Å². The monoisotopic (exact) mass is 239 g/mol. The zero-order chi connectivity index (χ0) is 12.1. The zero-order valence-electron chi connectivity index (χ0n) is 10.1. The number of ether oxygens (including phenoxy) is 4. The van der Waals surface area contributed by atoms with Crippen molar-refractivity contribution < 1.29 is 18.9 Å². The minimum absolute atomic E-state index is 0.256. The molecule has 0 unspecified atom stereocenters. The molecule has 0 spiro atoms. The summed E-state index contributed by atoms with van der Waals surface area (Å²) in [5.41, 5.74) is 1.10. The van der Waals surface area contributed by atoms with Crippen LogP contribution in [0.15, 0.2) is 12.1 Å². The third kappa shape index (κ3) is 2.81. The van der Waals surface area contributed by atoms with Crippen LogP contribution in [-0.2, 0) is 11.3 Å². The van der Waals surface area contributed by atoms with Crippen LogP contribution in [0.5, 0.6) is 17.2 Å². The molecule has 1 aromatic rings. The average molecular weight is 239 g/mol. The highest BCUT2D eigenvalue weighted by molar-refractivity contribution is 5.55. The van der Waals surface area contributed by atoms with Gasteiger partial charge in [0.25, 0.3) is 0 Å². The summed E-state index contributed by atoms with van der Waals surface area (Å²) >= 11 is 0. The Bertz CT molecular complexity index is 381. The molecule has 1 aliphatic rings. The highest BCUT2D eigenvalue weighted by Crippen LogP contribution is 2.41. The fourth-order valence-electron chi connectivity index (χ4n) is 1.69. The molecule has 0 saturated carbocycles. The standard InChI is InChI=1S/C12H17NO4/c1-14-4-3-13-7-9-5-10(15-2)12-11(6-9)16-8-17-12/h5-6,13H,3-4,7-8H2,1-2H3. The van der Waals surface area contributed by atoms with Gasteiger partial charge in [0.05, 0.1) is 13.7 Å². The number of benzene rings is 1. The summed E-state index contributed by atoms with van der Waals surface area (Å²) in [5, 5.41) is 3.27. The molecular formula is C12H17NO4. The summed E-state index contributed by atoms with van der Waals surface area (Å²) < 4.78 is 20.9. The molecule has 1 N–H and O–H groups in total. The van der Waals surface area contributed by atoms with Crippen LogP contribution in [-0.4, -0.2) is 34.2 Å². The first-order chi connectivity index (χ1) is 8.35. The molecule has 94 valence electrons. The van der Waals surface area contributed by atoms with E-state index in [-0.39, 0.29) is 6.79 Å². The smallest absolute Gasteiger partial charge is 0.231 e. The van der Waals surface area contributed by atoms with Crippen LogP contribution in [0.1, 0.15) is 5.56 Å². The van der Waals surface area contributed by atoms with Gasteiger partial charge < -0.3 is 24.3 Å². The first kappa shape index (κ1) is 12.0. The van der Waals surface area contributed by atoms with Gasteiger partial charge in [-0.05, 0) is 17.7 Å². The maximum Gasteiger partial charge on any atom is 0.231 e. The van der Waals surface area contributed by atoms with E-state index >= 15 is 0 Å². The Labute approximate surface area is 101 Å². The molecule has 1 aliphatic heterocycles. The predicted molar refractivity (Wildman–Crippen MR) is 62.7 cm³/mol. The molecule has 1 heterocycles. The molecular weight excluding hydrogens is 222 g/mol. The Hall–Kier alpha value is -1.46. The Kier molecular flexibility index (Phi) is 4.06. The lowest BCUT2D eigenvalue weighted by Crippen LogP contribution is -2.18. The first-order valence-electron chi connectivity index (χ1n) is 5.51. The molecule has 0 bridgehead atoms. The van der Waals surface area contributed by atoms with Crippen LogP contribution in [0.4, 0.5) is 0 Å². The molecule has 0 fully saturated rings. The molecule has 2 rings (SSSR count). The Morgan fingerprint density at radius 2 is 2.18 bits per heavy atom. The van der Waals surface area contributed by atoms with E-state index in [9.17, 15) is 0 Å². The molecule has 0 radical (unpaired) electrons. The van der Waals surface area contributed by atoms with Crippen LogP contribution >= 0.6 is 0 Å². The quantitative estimate of drug-likeness (QED) is 0.755. The third-order valence-corrected chi connectivity index (χ3v) is 2.53. The number of nitrogens with one attached hydrogen (secondary N) is 1. The molecule has 0 aliphatic carbocycles. The van der Waals surface area contributed by atoms with E-state index in [4.69, 9.17) is 18.9 Å². The van der Waals surface area contributed by atoms with Gasteiger partial charge in [0.15, 0.2) is 11.5 Å². The van der Waals surface area contributed by atoms with E-state index in [1.54, 1.807) is 14.2 Å². The van der Waals surface area contributed by atoms with Crippen molar-refractivity contribution in [1.82, 2.24) is 5.32 Å². The maximum atomic E-state index is 5.35. The predicted octanol–water partition coefficient (Wildman–Crippen LogP) is 1.16. The average Bonchev–Trinajstić information content (AvgIpc) is 2.81. The van der Waals surface area contributed by atoms with E-state index in [1.165, 1.54) is 0 Å². The van der Waals surface area contributed by atoms with Gasteiger partial charge in [-0.25, -0.2) is 0 Å². The van der Waals surface area contributed by atoms with Crippen molar-refractivity contribution in [2.24, 2.45) is 0 Å².